The Hall–Kier alpha value is -1.53. The van der Waals surface area contributed by atoms with Crippen molar-refractivity contribution in [2.24, 2.45) is 0 Å². The number of para-hydroxylation sites is 1. The highest BCUT2D eigenvalue weighted by molar-refractivity contribution is 5.57. The number of nitrogens with one attached hydrogen (secondary N) is 1. The van der Waals surface area contributed by atoms with Gasteiger partial charge in [-0.1, -0.05) is 25.1 Å². The van der Waals surface area contributed by atoms with Crippen molar-refractivity contribution in [2.45, 2.75) is 32.2 Å². The van der Waals surface area contributed by atoms with Gasteiger partial charge in [-0.05, 0) is 37.4 Å². The zero-order chi connectivity index (χ0) is 12.8. The number of hydrogen-bond donors (Lipinski definition) is 1. The quantitative estimate of drug-likeness (QED) is 0.833. The summed E-state index contributed by atoms with van der Waals surface area (Å²) in [5.41, 5.74) is 2.79. The molecule has 0 aromatic heterocycles. The van der Waals surface area contributed by atoms with Crippen molar-refractivity contribution in [2.75, 3.05) is 24.5 Å². The fourth-order valence-corrected chi connectivity index (χ4v) is 2.45. The van der Waals surface area contributed by atoms with Crippen molar-refractivity contribution in [3.63, 3.8) is 0 Å². The summed E-state index contributed by atoms with van der Waals surface area (Å²) in [5, 5.41) is 12.4. The van der Waals surface area contributed by atoms with E-state index in [1.54, 1.807) is 0 Å². The third-order valence-corrected chi connectivity index (χ3v) is 3.47. The molecule has 0 saturated carbocycles. The van der Waals surface area contributed by atoms with Gasteiger partial charge in [-0.2, -0.15) is 5.26 Å². The maximum absolute atomic E-state index is 9.09. The van der Waals surface area contributed by atoms with Crippen molar-refractivity contribution in [3.8, 4) is 6.07 Å². The van der Waals surface area contributed by atoms with Crippen LogP contribution in [0, 0.1) is 11.3 Å². The van der Waals surface area contributed by atoms with Gasteiger partial charge in [0.15, 0.2) is 0 Å². The molecule has 2 rings (SSSR count). The second kappa shape index (κ2) is 6.42. The summed E-state index contributed by atoms with van der Waals surface area (Å²) >= 11 is 0. The Labute approximate surface area is 109 Å². The minimum Gasteiger partial charge on any atom is -0.371 e. The molecule has 1 atom stereocenters. The molecule has 3 nitrogen and oxygen atoms in total. The van der Waals surface area contributed by atoms with Gasteiger partial charge in [0.1, 0.15) is 0 Å². The second-order valence-corrected chi connectivity index (χ2v) is 4.79. The molecule has 1 aliphatic heterocycles. The van der Waals surface area contributed by atoms with Crippen LogP contribution in [0.3, 0.4) is 0 Å². The monoisotopic (exact) mass is 243 g/mol. The average molecular weight is 243 g/mol. The van der Waals surface area contributed by atoms with E-state index in [1.165, 1.54) is 11.3 Å². The van der Waals surface area contributed by atoms with Gasteiger partial charge in [0.25, 0.3) is 0 Å². The first-order valence-electron chi connectivity index (χ1n) is 6.81. The minimum absolute atomic E-state index is 0.0160. The Kier molecular flexibility index (Phi) is 4.60. The van der Waals surface area contributed by atoms with E-state index in [9.17, 15) is 0 Å². The largest absolute Gasteiger partial charge is 0.371 e. The van der Waals surface area contributed by atoms with Crippen molar-refractivity contribution in [1.82, 2.24) is 5.32 Å². The Bertz CT molecular complexity index is 422. The van der Waals surface area contributed by atoms with E-state index in [2.05, 4.69) is 47.5 Å². The van der Waals surface area contributed by atoms with Crippen LogP contribution in [0.2, 0.25) is 0 Å². The van der Waals surface area contributed by atoms with E-state index in [4.69, 9.17) is 5.26 Å². The molecule has 3 heteroatoms. The number of nitriles is 1. The first-order valence-corrected chi connectivity index (χ1v) is 6.81. The fourth-order valence-electron chi connectivity index (χ4n) is 2.45. The number of hydrogen-bond acceptors (Lipinski definition) is 3. The van der Waals surface area contributed by atoms with Crippen LogP contribution in [0.1, 0.15) is 25.3 Å². The first kappa shape index (κ1) is 12.9. The van der Waals surface area contributed by atoms with Crippen LogP contribution in [-0.4, -0.2) is 25.7 Å². The standard InChI is InChI=1S/C15H21N3/c1-2-9-17-14(12-16)8-11-18-10-7-13-5-3-4-6-15(13)18/h3-6,14,17H,2,7-11H2,1H3. The summed E-state index contributed by atoms with van der Waals surface area (Å²) in [6.45, 7) is 5.10. The van der Waals surface area contributed by atoms with Crippen LogP contribution >= 0.6 is 0 Å². The van der Waals surface area contributed by atoms with E-state index in [-0.39, 0.29) is 6.04 Å². The second-order valence-electron chi connectivity index (χ2n) is 4.79. The van der Waals surface area contributed by atoms with Crippen molar-refractivity contribution < 1.29 is 0 Å². The molecule has 1 N–H and O–H groups in total. The molecule has 1 aromatic rings. The third-order valence-electron chi connectivity index (χ3n) is 3.47. The molecule has 1 aliphatic rings. The molecule has 1 unspecified atom stereocenters. The number of benzene rings is 1. The van der Waals surface area contributed by atoms with Gasteiger partial charge in [0.2, 0.25) is 0 Å². The van der Waals surface area contributed by atoms with Gasteiger partial charge in [-0.25, -0.2) is 0 Å². The van der Waals surface area contributed by atoms with E-state index in [0.29, 0.717) is 0 Å². The van der Waals surface area contributed by atoms with Crippen molar-refractivity contribution >= 4 is 5.69 Å². The number of rotatable bonds is 6. The molecule has 18 heavy (non-hydrogen) atoms. The summed E-state index contributed by atoms with van der Waals surface area (Å²) in [4.78, 5) is 2.40. The highest BCUT2D eigenvalue weighted by Crippen LogP contribution is 2.27. The Morgan fingerprint density at radius 3 is 3.06 bits per heavy atom. The SMILES string of the molecule is CCCNC(C#N)CCN1CCc2ccccc21. The molecule has 0 radical (unpaired) electrons. The highest BCUT2D eigenvalue weighted by atomic mass is 15.1. The minimum atomic E-state index is -0.0160. The molecule has 0 bridgehead atoms. The van der Waals surface area contributed by atoms with Gasteiger partial charge in [0, 0.05) is 18.8 Å². The number of fused-ring (bicyclic) bond motifs is 1. The Morgan fingerprint density at radius 2 is 2.28 bits per heavy atom. The summed E-state index contributed by atoms with van der Waals surface area (Å²) in [6.07, 6.45) is 3.10. The van der Waals surface area contributed by atoms with Crippen LogP contribution in [0.25, 0.3) is 0 Å². The maximum Gasteiger partial charge on any atom is 0.0969 e. The lowest BCUT2D eigenvalue weighted by Crippen LogP contribution is -2.33. The van der Waals surface area contributed by atoms with Crippen LogP contribution in [0.4, 0.5) is 5.69 Å². The molecule has 1 heterocycles. The smallest absolute Gasteiger partial charge is 0.0969 e. The third kappa shape index (κ3) is 3.02. The summed E-state index contributed by atoms with van der Waals surface area (Å²) < 4.78 is 0. The molecule has 0 spiro atoms. The normalized spacial score (nSPS) is 15.2. The lowest BCUT2D eigenvalue weighted by atomic mass is 10.2. The van der Waals surface area contributed by atoms with Gasteiger partial charge < -0.3 is 10.2 Å². The molecule has 0 fully saturated rings. The molecule has 0 saturated heterocycles. The van der Waals surface area contributed by atoms with Gasteiger partial charge in [0.05, 0.1) is 12.1 Å². The maximum atomic E-state index is 9.09. The molecule has 0 amide bonds. The van der Waals surface area contributed by atoms with E-state index in [0.717, 1.165) is 38.9 Å². The number of anilines is 1. The van der Waals surface area contributed by atoms with Crippen LogP contribution < -0.4 is 10.2 Å². The number of nitrogens with zero attached hydrogens (tertiary/aromatic N) is 2. The van der Waals surface area contributed by atoms with Crippen LogP contribution in [0.15, 0.2) is 24.3 Å². The topological polar surface area (TPSA) is 39.1 Å². The van der Waals surface area contributed by atoms with E-state index in [1.807, 2.05) is 0 Å². The molecule has 0 aliphatic carbocycles. The summed E-state index contributed by atoms with van der Waals surface area (Å²) in [5.74, 6) is 0. The zero-order valence-corrected chi connectivity index (χ0v) is 11.0. The van der Waals surface area contributed by atoms with Crippen molar-refractivity contribution in [1.29, 1.82) is 5.26 Å². The average Bonchev–Trinajstić information content (AvgIpc) is 2.82. The van der Waals surface area contributed by atoms with Gasteiger partial charge in [-0.15, -0.1) is 0 Å². The molecule has 96 valence electrons. The Morgan fingerprint density at radius 1 is 1.44 bits per heavy atom. The van der Waals surface area contributed by atoms with Gasteiger partial charge >= 0.3 is 0 Å². The van der Waals surface area contributed by atoms with Gasteiger partial charge in [-0.3, -0.25) is 0 Å². The summed E-state index contributed by atoms with van der Waals surface area (Å²) in [7, 11) is 0. The van der Waals surface area contributed by atoms with E-state index >= 15 is 0 Å². The van der Waals surface area contributed by atoms with Crippen LogP contribution in [0.5, 0.6) is 0 Å². The molecular formula is C15H21N3. The predicted octanol–water partition coefficient (Wildman–Crippen LogP) is 2.33. The van der Waals surface area contributed by atoms with E-state index < -0.39 is 0 Å². The highest BCUT2D eigenvalue weighted by Gasteiger charge is 2.18. The van der Waals surface area contributed by atoms with Crippen LogP contribution in [-0.2, 0) is 6.42 Å². The Balaban J connectivity index is 1.86. The summed E-state index contributed by atoms with van der Waals surface area (Å²) in [6, 6.07) is 10.9. The first-order chi connectivity index (χ1) is 8.85. The lowest BCUT2D eigenvalue weighted by Gasteiger charge is -2.21. The predicted molar refractivity (Wildman–Crippen MR) is 74.7 cm³/mol. The molecule has 1 aromatic carbocycles. The fraction of sp³-hybridized carbons (Fsp3) is 0.533. The lowest BCUT2D eigenvalue weighted by molar-refractivity contribution is 0.558. The zero-order valence-electron chi connectivity index (χ0n) is 11.0. The van der Waals surface area contributed by atoms with Crippen molar-refractivity contribution in [3.05, 3.63) is 29.8 Å². The molecular weight excluding hydrogens is 222 g/mol.